The lowest BCUT2D eigenvalue weighted by Gasteiger charge is -2.04. The Morgan fingerprint density at radius 2 is 2.18 bits per heavy atom. The van der Waals surface area contributed by atoms with E-state index in [2.05, 4.69) is 41.1 Å². The largest absolute Gasteiger partial charge is 0.307 e. The van der Waals surface area contributed by atoms with Crippen LogP contribution in [0.2, 0.25) is 0 Å². The zero-order valence-electron chi connectivity index (χ0n) is 10.7. The first-order chi connectivity index (χ1) is 8.20. The van der Waals surface area contributed by atoms with Crippen molar-refractivity contribution >= 4 is 11.3 Å². The van der Waals surface area contributed by atoms with Crippen molar-refractivity contribution in [2.45, 2.75) is 33.4 Å². The van der Waals surface area contributed by atoms with Crippen LogP contribution in [0.4, 0.5) is 0 Å². The predicted octanol–water partition coefficient (Wildman–Crippen LogP) is 2.64. The van der Waals surface area contributed by atoms with Crippen molar-refractivity contribution in [1.82, 2.24) is 15.1 Å². The first-order valence-corrected chi connectivity index (χ1v) is 6.89. The zero-order chi connectivity index (χ0) is 12.3. The van der Waals surface area contributed by atoms with E-state index in [-0.39, 0.29) is 0 Å². The van der Waals surface area contributed by atoms with E-state index in [4.69, 9.17) is 0 Å². The molecule has 2 rings (SSSR count). The van der Waals surface area contributed by atoms with E-state index in [0.717, 1.165) is 25.2 Å². The number of aromatic nitrogens is 2. The first-order valence-electron chi connectivity index (χ1n) is 5.95. The molecule has 17 heavy (non-hydrogen) atoms. The molecule has 0 amide bonds. The first kappa shape index (κ1) is 12.3. The molecule has 0 aliphatic carbocycles. The fraction of sp³-hybridized carbons (Fsp3) is 0.462. The van der Waals surface area contributed by atoms with Gasteiger partial charge in [0.05, 0.1) is 11.4 Å². The van der Waals surface area contributed by atoms with Gasteiger partial charge in [-0.25, -0.2) is 0 Å². The number of rotatable bonds is 5. The van der Waals surface area contributed by atoms with Crippen LogP contribution in [0, 0.1) is 6.92 Å². The van der Waals surface area contributed by atoms with Crippen LogP contribution in [-0.4, -0.2) is 9.78 Å². The van der Waals surface area contributed by atoms with Gasteiger partial charge in [-0.15, -0.1) is 0 Å². The second-order valence-corrected chi connectivity index (χ2v) is 5.03. The van der Waals surface area contributed by atoms with Crippen molar-refractivity contribution in [3.05, 3.63) is 39.3 Å². The van der Waals surface area contributed by atoms with E-state index in [1.54, 1.807) is 11.3 Å². The molecule has 0 spiro atoms. The molecule has 0 unspecified atom stereocenters. The molecule has 0 saturated heterocycles. The summed E-state index contributed by atoms with van der Waals surface area (Å²) in [5.41, 5.74) is 5.18. The molecule has 0 atom stereocenters. The lowest BCUT2D eigenvalue weighted by Crippen LogP contribution is -2.15. The van der Waals surface area contributed by atoms with Crippen molar-refractivity contribution in [3.63, 3.8) is 0 Å². The summed E-state index contributed by atoms with van der Waals surface area (Å²) in [7, 11) is 2.01. The van der Waals surface area contributed by atoms with Crippen molar-refractivity contribution < 1.29 is 0 Å². The highest BCUT2D eigenvalue weighted by atomic mass is 32.1. The van der Waals surface area contributed by atoms with Gasteiger partial charge in [-0.1, -0.05) is 6.92 Å². The van der Waals surface area contributed by atoms with E-state index in [1.165, 1.54) is 16.8 Å². The number of aryl methyl sites for hydroxylation is 3. The Hall–Kier alpha value is -1.13. The highest BCUT2D eigenvalue weighted by Gasteiger charge is 2.04. The second-order valence-electron chi connectivity index (χ2n) is 4.29. The van der Waals surface area contributed by atoms with Crippen LogP contribution >= 0.6 is 11.3 Å². The molecule has 0 aliphatic heterocycles. The minimum absolute atomic E-state index is 0.874. The third-order valence-electron chi connectivity index (χ3n) is 2.97. The topological polar surface area (TPSA) is 29.9 Å². The fourth-order valence-corrected chi connectivity index (χ4v) is 2.66. The minimum atomic E-state index is 0.874. The van der Waals surface area contributed by atoms with Gasteiger partial charge in [-0.05, 0) is 41.3 Å². The Balaban J connectivity index is 1.90. The van der Waals surface area contributed by atoms with E-state index in [9.17, 15) is 0 Å². The quantitative estimate of drug-likeness (QED) is 0.883. The van der Waals surface area contributed by atoms with Crippen LogP contribution in [0.5, 0.6) is 0 Å². The smallest absolute Gasteiger partial charge is 0.0625 e. The number of nitrogens with zero attached hydrogens (tertiary/aromatic N) is 2. The van der Waals surface area contributed by atoms with Gasteiger partial charge >= 0.3 is 0 Å². The molecule has 0 bridgehead atoms. The minimum Gasteiger partial charge on any atom is -0.307 e. The van der Waals surface area contributed by atoms with Crippen molar-refractivity contribution in [2.24, 2.45) is 7.05 Å². The average molecular weight is 249 g/mol. The normalized spacial score (nSPS) is 11.0. The lowest BCUT2D eigenvalue weighted by atomic mass is 10.2. The zero-order valence-corrected chi connectivity index (χ0v) is 11.5. The van der Waals surface area contributed by atoms with E-state index < -0.39 is 0 Å². The molecule has 0 aliphatic rings. The van der Waals surface area contributed by atoms with Crippen LogP contribution < -0.4 is 5.32 Å². The van der Waals surface area contributed by atoms with Gasteiger partial charge in [0.1, 0.15) is 0 Å². The van der Waals surface area contributed by atoms with Gasteiger partial charge in [0.25, 0.3) is 0 Å². The van der Waals surface area contributed by atoms with Crippen LogP contribution in [0.3, 0.4) is 0 Å². The molecule has 2 aromatic rings. The van der Waals surface area contributed by atoms with Crippen molar-refractivity contribution in [1.29, 1.82) is 0 Å². The lowest BCUT2D eigenvalue weighted by molar-refractivity contribution is 0.623. The Morgan fingerprint density at radius 1 is 1.35 bits per heavy atom. The Morgan fingerprint density at radius 3 is 2.76 bits per heavy atom. The molecule has 0 fully saturated rings. The fourth-order valence-electron chi connectivity index (χ4n) is 1.80. The average Bonchev–Trinajstić information content (AvgIpc) is 2.87. The number of hydrogen-bond acceptors (Lipinski definition) is 3. The SMILES string of the molecule is CCc1cc(CNCc2cscc2C)n(C)n1. The van der Waals surface area contributed by atoms with E-state index >= 15 is 0 Å². The molecule has 92 valence electrons. The van der Waals surface area contributed by atoms with Gasteiger partial charge in [0.2, 0.25) is 0 Å². The highest BCUT2D eigenvalue weighted by molar-refractivity contribution is 7.08. The molecule has 0 saturated carbocycles. The van der Waals surface area contributed by atoms with Gasteiger partial charge in [0.15, 0.2) is 0 Å². The summed E-state index contributed by atoms with van der Waals surface area (Å²) in [6.45, 7) is 6.10. The maximum atomic E-state index is 4.44. The third kappa shape index (κ3) is 2.96. The summed E-state index contributed by atoms with van der Waals surface area (Å²) in [6, 6.07) is 2.17. The van der Waals surface area contributed by atoms with Crippen LogP contribution in [0.25, 0.3) is 0 Å². The van der Waals surface area contributed by atoms with Gasteiger partial charge in [-0.3, -0.25) is 4.68 Å². The molecule has 1 N–H and O–H groups in total. The highest BCUT2D eigenvalue weighted by Crippen LogP contribution is 2.13. The van der Waals surface area contributed by atoms with Gasteiger partial charge < -0.3 is 5.32 Å². The van der Waals surface area contributed by atoms with E-state index in [0.29, 0.717) is 0 Å². The molecule has 4 heteroatoms. The molecule has 3 nitrogen and oxygen atoms in total. The number of hydrogen-bond donors (Lipinski definition) is 1. The van der Waals surface area contributed by atoms with E-state index in [1.807, 2.05) is 11.7 Å². The van der Waals surface area contributed by atoms with Crippen LogP contribution in [0.15, 0.2) is 16.8 Å². The summed E-state index contributed by atoms with van der Waals surface area (Å²) in [5.74, 6) is 0. The molecule has 2 aromatic heterocycles. The molecule has 0 radical (unpaired) electrons. The molecular formula is C13H19N3S. The monoisotopic (exact) mass is 249 g/mol. The number of nitrogens with one attached hydrogen (secondary N) is 1. The van der Waals surface area contributed by atoms with Gasteiger partial charge in [-0.2, -0.15) is 16.4 Å². The number of thiophene rings is 1. The van der Waals surface area contributed by atoms with Crippen LogP contribution in [0.1, 0.15) is 29.4 Å². The summed E-state index contributed by atoms with van der Waals surface area (Å²) >= 11 is 1.77. The van der Waals surface area contributed by atoms with Gasteiger partial charge in [0, 0.05) is 20.1 Å². The maximum absolute atomic E-state index is 4.44. The van der Waals surface area contributed by atoms with Crippen molar-refractivity contribution in [2.75, 3.05) is 0 Å². The second kappa shape index (κ2) is 5.47. The Kier molecular flexibility index (Phi) is 3.97. The molecule has 2 heterocycles. The summed E-state index contributed by atoms with van der Waals surface area (Å²) in [6.07, 6.45) is 0.997. The summed E-state index contributed by atoms with van der Waals surface area (Å²) in [5, 5.41) is 12.3. The standard InChI is InChI=1S/C13H19N3S/c1-4-12-5-13(16(3)15-12)7-14-6-11-9-17-8-10(11)2/h5,8-9,14H,4,6-7H2,1-3H3. The Bertz CT molecular complexity index is 485. The molecular weight excluding hydrogens is 230 g/mol. The summed E-state index contributed by atoms with van der Waals surface area (Å²) in [4.78, 5) is 0. The third-order valence-corrected chi connectivity index (χ3v) is 3.88. The Labute approximate surface area is 106 Å². The maximum Gasteiger partial charge on any atom is 0.0625 e. The summed E-state index contributed by atoms with van der Waals surface area (Å²) < 4.78 is 1.96. The van der Waals surface area contributed by atoms with Crippen molar-refractivity contribution in [3.8, 4) is 0 Å². The van der Waals surface area contributed by atoms with Crippen LogP contribution in [-0.2, 0) is 26.6 Å². The molecule has 0 aromatic carbocycles. The predicted molar refractivity (Wildman–Crippen MR) is 72.2 cm³/mol.